The number of thiazole rings is 1. The zero-order valence-corrected chi connectivity index (χ0v) is 20.5. The highest BCUT2D eigenvalue weighted by Gasteiger charge is 2.33. The second-order valence-electron chi connectivity index (χ2n) is 7.74. The molecule has 180 valence electrons. The third kappa shape index (κ3) is 4.95. The maximum absolute atomic E-state index is 13.6. The van der Waals surface area contributed by atoms with Gasteiger partial charge in [0.1, 0.15) is 11.5 Å². The number of benzene rings is 2. The van der Waals surface area contributed by atoms with Crippen molar-refractivity contribution in [3.8, 4) is 11.5 Å². The van der Waals surface area contributed by atoms with Crippen LogP contribution < -0.4 is 24.4 Å². The van der Waals surface area contributed by atoms with Crippen LogP contribution in [0, 0.1) is 0 Å². The Bertz CT molecular complexity index is 1480. The number of carbonyl (C=O) groups excluding carboxylic acids is 2. The SMILES string of the molecule is CCOC(=O)C1=C(C)N=c2s/c(=C\c3ccc(OC(C)=O)cc3)c(=O)n2[C@@H]1c1ccc(OC)cc1. The second kappa shape index (κ2) is 10.1. The monoisotopic (exact) mass is 492 g/mol. The predicted octanol–water partition coefficient (Wildman–Crippen LogP) is 2.73. The lowest BCUT2D eigenvalue weighted by Crippen LogP contribution is -2.39. The highest BCUT2D eigenvalue weighted by molar-refractivity contribution is 7.07. The van der Waals surface area contributed by atoms with Crippen molar-refractivity contribution in [3.63, 3.8) is 0 Å². The van der Waals surface area contributed by atoms with Crippen molar-refractivity contribution in [2.24, 2.45) is 4.99 Å². The number of esters is 2. The van der Waals surface area contributed by atoms with Crippen LogP contribution >= 0.6 is 11.3 Å². The Hall–Kier alpha value is -3.98. The van der Waals surface area contributed by atoms with Gasteiger partial charge < -0.3 is 14.2 Å². The summed E-state index contributed by atoms with van der Waals surface area (Å²) in [5.74, 6) is 0.171. The van der Waals surface area contributed by atoms with E-state index in [0.29, 0.717) is 32.1 Å². The molecule has 1 aliphatic heterocycles. The van der Waals surface area contributed by atoms with Crippen LogP contribution in [-0.4, -0.2) is 30.2 Å². The normalized spacial score (nSPS) is 15.3. The van der Waals surface area contributed by atoms with Crippen molar-refractivity contribution >= 4 is 29.4 Å². The number of hydrogen-bond acceptors (Lipinski definition) is 8. The molecule has 4 rings (SSSR count). The van der Waals surface area contributed by atoms with Gasteiger partial charge in [-0.3, -0.25) is 14.2 Å². The van der Waals surface area contributed by atoms with Gasteiger partial charge >= 0.3 is 11.9 Å². The summed E-state index contributed by atoms with van der Waals surface area (Å²) >= 11 is 1.24. The minimum Gasteiger partial charge on any atom is -0.497 e. The molecule has 2 aromatic carbocycles. The fourth-order valence-electron chi connectivity index (χ4n) is 3.84. The topological polar surface area (TPSA) is 96.2 Å². The van der Waals surface area contributed by atoms with Gasteiger partial charge in [-0.05, 0) is 55.3 Å². The average molecular weight is 493 g/mol. The summed E-state index contributed by atoms with van der Waals surface area (Å²) in [4.78, 5) is 42.7. The third-order valence-corrected chi connectivity index (χ3v) is 6.37. The molecule has 0 saturated carbocycles. The molecule has 0 aliphatic carbocycles. The minimum absolute atomic E-state index is 0.207. The quantitative estimate of drug-likeness (QED) is 0.388. The Morgan fingerprint density at radius 2 is 1.74 bits per heavy atom. The zero-order chi connectivity index (χ0) is 25.1. The van der Waals surface area contributed by atoms with Gasteiger partial charge in [0.05, 0.1) is 35.6 Å². The fourth-order valence-corrected chi connectivity index (χ4v) is 4.89. The summed E-state index contributed by atoms with van der Waals surface area (Å²) in [6, 6.07) is 13.4. The summed E-state index contributed by atoms with van der Waals surface area (Å²) < 4.78 is 17.6. The molecule has 0 spiro atoms. The van der Waals surface area contributed by atoms with E-state index in [0.717, 1.165) is 11.1 Å². The van der Waals surface area contributed by atoms with Crippen LogP contribution in [0.25, 0.3) is 6.08 Å². The van der Waals surface area contributed by atoms with E-state index in [4.69, 9.17) is 14.2 Å². The molecular weight excluding hydrogens is 468 g/mol. The van der Waals surface area contributed by atoms with Crippen molar-refractivity contribution in [1.82, 2.24) is 4.57 Å². The molecular formula is C26H24N2O6S. The molecule has 0 fully saturated rings. The van der Waals surface area contributed by atoms with Gasteiger partial charge in [-0.2, -0.15) is 0 Å². The largest absolute Gasteiger partial charge is 0.497 e. The zero-order valence-electron chi connectivity index (χ0n) is 19.7. The molecule has 0 unspecified atom stereocenters. The standard InChI is InChI=1S/C26H24N2O6S/c1-5-33-25(31)22-15(2)27-26-28(23(22)18-8-12-19(32-4)13-9-18)24(30)21(35-26)14-17-6-10-20(11-7-17)34-16(3)29/h6-14,23H,5H2,1-4H3/b21-14-/t23-/m1/s1. The maximum Gasteiger partial charge on any atom is 0.338 e. The number of aromatic nitrogens is 1. The van der Waals surface area contributed by atoms with Crippen LogP contribution in [0.15, 0.2) is 69.6 Å². The lowest BCUT2D eigenvalue weighted by molar-refractivity contribution is -0.139. The van der Waals surface area contributed by atoms with Crippen LogP contribution in [0.5, 0.6) is 11.5 Å². The molecule has 0 saturated heterocycles. The Balaban J connectivity index is 1.85. The summed E-state index contributed by atoms with van der Waals surface area (Å²) in [7, 11) is 1.57. The summed E-state index contributed by atoms with van der Waals surface area (Å²) in [5.41, 5.74) is 2.05. The van der Waals surface area contributed by atoms with Gasteiger partial charge in [0.15, 0.2) is 4.80 Å². The number of ether oxygens (including phenoxy) is 3. The van der Waals surface area contributed by atoms with E-state index in [-0.39, 0.29) is 12.2 Å². The van der Waals surface area contributed by atoms with Gasteiger partial charge in [0, 0.05) is 6.92 Å². The molecule has 1 aliphatic rings. The van der Waals surface area contributed by atoms with E-state index in [1.807, 2.05) is 12.1 Å². The number of rotatable bonds is 6. The number of allylic oxidation sites excluding steroid dienone is 1. The minimum atomic E-state index is -0.690. The molecule has 0 radical (unpaired) electrons. The van der Waals surface area contributed by atoms with Gasteiger partial charge in [0.25, 0.3) is 5.56 Å². The molecule has 0 bridgehead atoms. The first-order chi connectivity index (χ1) is 16.8. The van der Waals surface area contributed by atoms with Gasteiger partial charge in [-0.15, -0.1) is 0 Å². The molecule has 0 amide bonds. The van der Waals surface area contributed by atoms with E-state index in [2.05, 4.69) is 4.99 Å². The first-order valence-electron chi connectivity index (χ1n) is 10.9. The van der Waals surface area contributed by atoms with Crippen molar-refractivity contribution < 1.29 is 23.8 Å². The molecule has 3 aromatic rings. The summed E-state index contributed by atoms with van der Waals surface area (Å²) in [6.45, 7) is 5.02. The molecule has 8 nitrogen and oxygen atoms in total. The predicted molar refractivity (Wildman–Crippen MR) is 131 cm³/mol. The van der Waals surface area contributed by atoms with Crippen molar-refractivity contribution in [2.75, 3.05) is 13.7 Å². The van der Waals surface area contributed by atoms with Crippen LogP contribution in [0.1, 0.15) is 37.9 Å². The molecule has 2 heterocycles. The Labute approximate surface area is 205 Å². The Morgan fingerprint density at radius 1 is 1.09 bits per heavy atom. The van der Waals surface area contributed by atoms with E-state index in [1.165, 1.54) is 22.8 Å². The van der Waals surface area contributed by atoms with Crippen LogP contribution in [0.4, 0.5) is 0 Å². The maximum atomic E-state index is 13.6. The van der Waals surface area contributed by atoms with Crippen LogP contribution in [0.3, 0.4) is 0 Å². The molecule has 1 aromatic heterocycles. The summed E-state index contributed by atoms with van der Waals surface area (Å²) in [5, 5.41) is 0. The van der Waals surface area contributed by atoms with Gasteiger partial charge in [-0.25, -0.2) is 9.79 Å². The smallest absolute Gasteiger partial charge is 0.338 e. The van der Waals surface area contributed by atoms with Crippen LogP contribution in [-0.2, 0) is 14.3 Å². The first kappa shape index (κ1) is 24.2. The lowest BCUT2D eigenvalue weighted by atomic mass is 9.96. The van der Waals surface area contributed by atoms with Crippen molar-refractivity contribution in [2.45, 2.75) is 26.8 Å². The van der Waals surface area contributed by atoms with E-state index >= 15 is 0 Å². The van der Waals surface area contributed by atoms with E-state index < -0.39 is 18.0 Å². The number of nitrogens with zero attached hydrogens (tertiary/aromatic N) is 2. The van der Waals surface area contributed by atoms with Crippen molar-refractivity contribution in [1.29, 1.82) is 0 Å². The Morgan fingerprint density at radius 3 is 2.34 bits per heavy atom. The average Bonchev–Trinajstić information content (AvgIpc) is 3.13. The number of methoxy groups -OCH3 is 1. The fraction of sp³-hybridized carbons (Fsp3) is 0.231. The molecule has 1 atom stereocenters. The Kier molecular flexibility index (Phi) is 6.97. The van der Waals surface area contributed by atoms with E-state index in [1.54, 1.807) is 63.4 Å². The molecule has 0 N–H and O–H groups in total. The molecule has 35 heavy (non-hydrogen) atoms. The number of hydrogen-bond donors (Lipinski definition) is 0. The lowest BCUT2D eigenvalue weighted by Gasteiger charge is -2.24. The highest BCUT2D eigenvalue weighted by Crippen LogP contribution is 2.31. The van der Waals surface area contributed by atoms with E-state index in [9.17, 15) is 14.4 Å². The van der Waals surface area contributed by atoms with Gasteiger partial charge in [0.2, 0.25) is 0 Å². The van der Waals surface area contributed by atoms with Crippen LogP contribution in [0.2, 0.25) is 0 Å². The summed E-state index contributed by atoms with van der Waals surface area (Å²) in [6.07, 6.45) is 1.75. The van der Waals surface area contributed by atoms with Crippen molar-refractivity contribution in [3.05, 3.63) is 90.6 Å². The highest BCUT2D eigenvalue weighted by atomic mass is 32.1. The third-order valence-electron chi connectivity index (χ3n) is 5.39. The number of fused-ring (bicyclic) bond motifs is 1. The van der Waals surface area contributed by atoms with Gasteiger partial charge in [-0.1, -0.05) is 35.6 Å². The second-order valence-corrected chi connectivity index (χ2v) is 8.75. The number of carbonyl (C=O) groups is 2. The molecule has 9 heteroatoms. The first-order valence-corrected chi connectivity index (χ1v) is 11.8.